The number of aryl methyl sites for hydroxylation is 1. The van der Waals surface area contributed by atoms with Crippen molar-refractivity contribution in [2.45, 2.75) is 35.9 Å². The van der Waals surface area contributed by atoms with Gasteiger partial charge in [0.2, 0.25) is 10.0 Å². The highest BCUT2D eigenvalue weighted by molar-refractivity contribution is 9.09. The van der Waals surface area contributed by atoms with Crippen LogP contribution in [0.1, 0.15) is 25.3 Å². The maximum Gasteiger partial charge on any atom is 0.238 e. The van der Waals surface area contributed by atoms with Crippen molar-refractivity contribution in [2.75, 3.05) is 7.11 Å². The number of nitrogens with two attached hydrogens (primary N) is 1. The monoisotopic (exact) mass is 335 g/mol. The Hall–Kier alpha value is -0.590. The van der Waals surface area contributed by atoms with Crippen LogP contribution in [0.5, 0.6) is 5.75 Å². The molecule has 0 bridgehead atoms. The minimum Gasteiger partial charge on any atom is -0.497 e. The highest BCUT2D eigenvalue weighted by Crippen LogP contribution is 2.23. The van der Waals surface area contributed by atoms with Gasteiger partial charge < -0.3 is 4.74 Å². The SMILES string of the molecule is COc1ccc(S(N)(=O)=O)c(CCCC(C)Br)c1. The molecule has 18 heavy (non-hydrogen) atoms. The van der Waals surface area contributed by atoms with Crippen LogP contribution in [0.25, 0.3) is 0 Å². The van der Waals surface area contributed by atoms with E-state index < -0.39 is 10.0 Å². The van der Waals surface area contributed by atoms with Crippen molar-refractivity contribution in [1.82, 2.24) is 0 Å². The zero-order valence-electron chi connectivity index (χ0n) is 10.5. The first kappa shape index (κ1) is 15.5. The Bertz CT molecular complexity index is 500. The molecule has 0 radical (unpaired) electrons. The van der Waals surface area contributed by atoms with Gasteiger partial charge in [-0.1, -0.05) is 22.9 Å². The molecule has 0 aliphatic rings. The summed E-state index contributed by atoms with van der Waals surface area (Å²) in [5.74, 6) is 0.643. The molecule has 0 saturated carbocycles. The number of ether oxygens (including phenoxy) is 1. The lowest BCUT2D eigenvalue weighted by Gasteiger charge is -2.10. The van der Waals surface area contributed by atoms with E-state index in [9.17, 15) is 8.42 Å². The molecule has 0 aliphatic carbocycles. The van der Waals surface area contributed by atoms with Crippen molar-refractivity contribution in [2.24, 2.45) is 5.14 Å². The van der Waals surface area contributed by atoms with Crippen molar-refractivity contribution >= 4 is 26.0 Å². The van der Waals surface area contributed by atoms with Gasteiger partial charge in [-0.05, 0) is 43.0 Å². The van der Waals surface area contributed by atoms with Crippen molar-refractivity contribution in [3.63, 3.8) is 0 Å². The third-order valence-corrected chi connectivity index (χ3v) is 4.09. The minimum atomic E-state index is -3.68. The van der Waals surface area contributed by atoms with Gasteiger partial charge in [0.15, 0.2) is 0 Å². The fraction of sp³-hybridized carbons (Fsp3) is 0.500. The van der Waals surface area contributed by atoms with E-state index in [1.165, 1.54) is 6.07 Å². The largest absolute Gasteiger partial charge is 0.497 e. The Morgan fingerprint density at radius 1 is 1.44 bits per heavy atom. The van der Waals surface area contributed by atoms with Gasteiger partial charge in [-0.25, -0.2) is 13.6 Å². The number of hydrogen-bond acceptors (Lipinski definition) is 3. The second kappa shape index (κ2) is 6.54. The number of methoxy groups -OCH3 is 1. The molecule has 1 aromatic rings. The summed E-state index contributed by atoms with van der Waals surface area (Å²) >= 11 is 3.47. The third kappa shape index (κ3) is 4.59. The van der Waals surface area contributed by atoms with E-state index in [0.717, 1.165) is 12.8 Å². The molecular formula is C12H18BrNO3S. The van der Waals surface area contributed by atoms with E-state index in [0.29, 0.717) is 22.6 Å². The van der Waals surface area contributed by atoms with Crippen LogP contribution in [-0.2, 0) is 16.4 Å². The highest BCUT2D eigenvalue weighted by atomic mass is 79.9. The van der Waals surface area contributed by atoms with Gasteiger partial charge in [0.1, 0.15) is 5.75 Å². The van der Waals surface area contributed by atoms with E-state index in [-0.39, 0.29) is 4.90 Å². The van der Waals surface area contributed by atoms with Gasteiger partial charge in [0.05, 0.1) is 12.0 Å². The van der Waals surface area contributed by atoms with Gasteiger partial charge in [-0.3, -0.25) is 0 Å². The summed E-state index contributed by atoms with van der Waals surface area (Å²) in [6.45, 7) is 2.06. The van der Waals surface area contributed by atoms with E-state index in [1.54, 1.807) is 19.2 Å². The number of benzene rings is 1. The van der Waals surface area contributed by atoms with Crippen molar-refractivity contribution < 1.29 is 13.2 Å². The van der Waals surface area contributed by atoms with Crippen LogP contribution >= 0.6 is 15.9 Å². The number of sulfonamides is 1. The molecule has 1 aromatic carbocycles. The number of hydrogen-bond donors (Lipinski definition) is 1. The summed E-state index contributed by atoms with van der Waals surface area (Å²) in [5, 5.41) is 5.20. The second-order valence-corrected chi connectivity index (χ2v) is 7.28. The van der Waals surface area contributed by atoms with Crippen molar-refractivity contribution in [1.29, 1.82) is 0 Å². The maximum atomic E-state index is 11.5. The van der Waals surface area contributed by atoms with Gasteiger partial charge in [0, 0.05) is 4.83 Å². The van der Waals surface area contributed by atoms with Gasteiger partial charge in [0.25, 0.3) is 0 Å². The summed E-state index contributed by atoms with van der Waals surface area (Å²) in [6.07, 6.45) is 2.53. The Labute approximate surface area is 117 Å². The van der Waals surface area contributed by atoms with Gasteiger partial charge in [-0.2, -0.15) is 0 Å². The quantitative estimate of drug-likeness (QED) is 0.811. The molecule has 0 heterocycles. The molecule has 6 heteroatoms. The first-order chi connectivity index (χ1) is 8.34. The Kier molecular flexibility index (Phi) is 5.62. The fourth-order valence-corrected chi connectivity index (χ4v) is 2.84. The lowest BCUT2D eigenvalue weighted by molar-refractivity contribution is 0.413. The Morgan fingerprint density at radius 2 is 2.11 bits per heavy atom. The fourth-order valence-electron chi connectivity index (χ4n) is 1.73. The van der Waals surface area contributed by atoms with Crippen LogP contribution in [0, 0.1) is 0 Å². The molecular weight excluding hydrogens is 318 g/mol. The predicted molar refractivity (Wildman–Crippen MR) is 75.7 cm³/mol. The summed E-state index contributed by atoms with van der Waals surface area (Å²) in [4.78, 5) is 0.603. The number of rotatable bonds is 6. The molecule has 0 aromatic heterocycles. The molecule has 0 spiro atoms. The summed E-state index contributed by atoms with van der Waals surface area (Å²) in [6, 6.07) is 4.84. The van der Waals surface area contributed by atoms with Crippen LogP contribution in [0.2, 0.25) is 0 Å². The second-order valence-electron chi connectivity index (χ2n) is 4.19. The molecule has 4 nitrogen and oxygen atoms in total. The van der Waals surface area contributed by atoms with Crippen molar-refractivity contribution in [3.05, 3.63) is 23.8 Å². The first-order valence-electron chi connectivity index (χ1n) is 5.68. The van der Waals surface area contributed by atoms with E-state index in [1.807, 2.05) is 0 Å². The molecule has 1 atom stereocenters. The zero-order valence-corrected chi connectivity index (χ0v) is 12.9. The average Bonchev–Trinajstić information content (AvgIpc) is 2.27. The van der Waals surface area contributed by atoms with Crippen LogP contribution in [0.4, 0.5) is 0 Å². The number of halogens is 1. The topological polar surface area (TPSA) is 69.4 Å². The molecule has 1 unspecified atom stereocenters. The molecule has 102 valence electrons. The lowest BCUT2D eigenvalue weighted by atomic mass is 10.1. The summed E-state index contributed by atoms with van der Waals surface area (Å²) < 4.78 is 28.1. The third-order valence-electron chi connectivity index (χ3n) is 2.62. The molecule has 0 aliphatic heterocycles. The van der Waals surface area contributed by atoms with Crippen LogP contribution in [-0.4, -0.2) is 20.4 Å². The predicted octanol–water partition coefficient (Wildman–Crippen LogP) is 2.45. The molecule has 0 amide bonds. The van der Waals surface area contributed by atoms with Crippen molar-refractivity contribution in [3.8, 4) is 5.75 Å². The lowest BCUT2D eigenvalue weighted by Crippen LogP contribution is -2.14. The maximum absolute atomic E-state index is 11.5. The average molecular weight is 336 g/mol. The van der Waals surface area contributed by atoms with Gasteiger partial charge in [-0.15, -0.1) is 0 Å². The zero-order chi connectivity index (χ0) is 13.8. The Morgan fingerprint density at radius 3 is 2.61 bits per heavy atom. The van der Waals surface area contributed by atoms with Crippen LogP contribution < -0.4 is 9.88 Å². The molecule has 1 rings (SSSR count). The Balaban J connectivity index is 2.98. The van der Waals surface area contributed by atoms with E-state index in [4.69, 9.17) is 9.88 Å². The molecule has 0 fully saturated rings. The smallest absolute Gasteiger partial charge is 0.238 e. The first-order valence-corrected chi connectivity index (χ1v) is 8.14. The summed E-state index contributed by atoms with van der Waals surface area (Å²) in [7, 11) is -2.12. The minimum absolute atomic E-state index is 0.186. The normalized spacial score (nSPS) is 13.3. The van der Waals surface area contributed by atoms with Crippen LogP contribution in [0.3, 0.4) is 0 Å². The summed E-state index contributed by atoms with van der Waals surface area (Å²) in [5.41, 5.74) is 0.713. The van der Waals surface area contributed by atoms with E-state index >= 15 is 0 Å². The molecule has 0 saturated heterocycles. The van der Waals surface area contributed by atoms with Gasteiger partial charge >= 0.3 is 0 Å². The molecule has 2 N–H and O–H groups in total. The highest BCUT2D eigenvalue weighted by Gasteiger charge is 2.14. The van der Waals surface area contributed by atoms with E-state index in [2.05, 4.69) is 22.9 Å². The number of alkyl halides is 1. The number of primary sulfonamides is 1. The van der Waals surface area contributed by atoms with Crippen LogP contribution in [0.15, 0.2) is 23.1 Å². The standard InChI is InChI=1S/C12H18BrNO3S/c1-9(13)4-3-5-10-8-11(17-2)6-7-12(10)18(14,15)16/h6-9H,3-5H2,1-2H3,(H2,14,15,16).